The van der Waals surface area contributed by atoms with Crippen LogP contribution < -0.4 is 10.6 Å². The highest BCUT2D eigenvalue weighted by Crippen LogP contribution is 2.12. The van der Waals surface area contributed by atoms with E-state index < -0.39 is 5.82 Å². The minimum atomic E-state index is -0.438. The molecule has 3 N–H and O–H groups in total. The van der Waals surface area contributed by atoms with Crippen LogP contribution >= 0.6 is 0 Å². The number of unbranched alkanes of at least 4 members (excludes halogenated alkanes) is 3. The molecule has 1 aromatic rings. The molecule has 0 fully saturated rings. The molecule has 0 amide bonds. The molecule has 0 saturated carbocycles. The SMILES string of the molecule is CCNc1ncc(F)c(NCCCCCCO)n1. The number of anilines is 2. The Morgan fingerprint density at radius 2 is 2.00 bits per heavy atom. The van der Waals surface area contributed by atoms with Gasteiger partial charge in [0.15, 0.2) is 11.6 Å². The van der Waals surface area contributed by atoms with E-state index in [2.05, 4.69) is 20.6 Å². The van der Waals surface area contributed by atoms with Crippen molar-refractivity contribution in [3.8, 4) is 0 Å². The number of hydrogen-bond donors (Lipinski definition) is 3. The van der Waals surface area contributed by atoms with E-state index in [1.54, 1.807) is 0 Å². The van der Waals surface area contributed by atoms with Gasteiger partial charge in [0, 0.05) is 19.7 Å². The van der Waals surface area contributed by atoms with E-state index in [-0.39, 0.29) is 12.4 Å². The molecular weight excluding hydrogens is 235 g/mol. The third kappa shape index (κ3) is 5.27. The zero-order valence-corrected chi connectivity index (χ0v) is 10.7. The predicted octanol–water partition coefficient (Wildman–Crippen LogP) is 2.01. The van der Waals surface area contributed by atoms with Crippen molar-refractivity contribution in [2.45, 2.75) is 32.6 Å². The number of nitrogens with zero attached hydrogens (tertiary/aromatic N) is 2. The van der Waals surface area contributed by atoms with E-state index in [1.165, 1.54) is 6.20 Å². The number of aliphatic hydroxyl groups excluding tert-OH is 1. The first-order valence-corrected chi connectivity index (χ1v) is 6.39. The van der Waals surface area contributed by atoms with Crippen LogP contribution in [0.3, 0.4) is 0 Å². The van der Waals surface area contributed by atoms with Gasteiger partial charge in [0.05, 0.1) is 6.20 Å². The molecule has 0 aromatic carbocycles. The van der Waals surface area contributed by atoms with Gasteiger partial charge in [0.1, 0.15) is 0 Å². The van der Waals surface area contributed by atoms with Crippen LogP contribution in [0, 0.1) is 5.82 Å². The Labute approximate surface area is 107 Å². The fourth-order valence-electron chi connectivity index (χ4n) is 1.53. The van der Waals surface area contributed by atoms with E-state index in [0.717, 1.165) is 25.7 Å². The molecule has 0 aliphatic carbocycles. The lowest BCUT2D eigenvalue weighted by Crippen LogP contribution is -2.09. The maximum absolute atomic E-state index is 13.4. The first kappa shape index (κ1) is 14.6. The maximum atomic E-state index is 13.4. The quantitative estimate of drug-likeness (QED) is 0.590. The molecule has 0 atom stereocenters. The van der Waals surface area contributed by atoms with Crippen molar-refractivity contribution >= 4 is 11.8 Å². The molecule has 1 rings (SSSR count). The van der Waals surface area contributed by atoms with Crippen LogP contribution in [-0.4, -0.2) is 34.8 Å². The standard InChI is InChI=1S/C12H21FN4O/c1-2-14-12-16-9-10(13)11(17-12)15-7-5-3-4-6-8-18/h9,18H,2-8H2,1H3,(H2,14,15,16,17). The Morgan fingerprint density at radius 3 is 2.72 bits per heavy atom. The molecule has 0 unspecified atom stereocenters. The van der Waals surface area contributed by atoms with Crippen LogP contribution in [0.5, 0.6) is 0 Å². The Kier molecular flexibility index (Phi) is 7.01. The summed E-state index contributed by atoms with van der Waals surface area (Å²) in [4.78, 5) is 7.88. The second kappa shape index (κ2) is 8.63. The second-order valence-corrected chi connectivity index (χ2v) is 3.99. The summed E-state index contributed by atoms with van der Waals surface area (Å²) in [6, 6.07) is 0. The number of halogens is 1. The maximum Gasteiger partial charge on any atom is 0.224 e. The fourth-order valence-corrected chi connectivity index (χ4v) is 1.53. The summed E-state index contributed by atoms with van der Waals surface area (Å²) >= 11 is 0. The summed E-state index contributed by atoms with van der Waals surface area (Å²) in [5.74, 6) is 0.233. The number of hydrogen-bond acceptors (Lipinski definition) is 5. The molecule has 0 bridgehead atoms. The van der Waals surface area contributed by atoms with Crippen molar-refractivity contribution in [2.75, 3.05) is 30.3 Å². The lowest BCUT2D eigenvalue weighted by atomic mass is 10.2. The van der Waals surface area contributed by atoms with Crippen molar-refractivity contribution < 1.29 is 9.50 Å². The molecule has 0 aliphatic rings. The monoisotopic (exact) mass is 256 g/mol. The van der Waals surface area contributed by atoms with Crippen molar-refractivity contribution in [2.24, 2.45) is 0 Å². The summed E-state index contributed by atoms with van der Waals surface area (Å²) < 4.78 is 13.4. The van der Waals surface area contributed by atoms with E-state index in [0.29, 0.717) is 19.0 Å². The predicted molar refractivity (Wildman–Crippen MR) is 70.2 cm³/mol. The van der Waals surface area contributed by atoms with Crippen LogP contribution in [-0.2, 0) is 0 Å². The van der Waals surface area contributed by atoms with Crippen LogP contribution in [0.25, 0.3) is 0 Å². The van der Waals surface area contributed by atoms with Gasteiger partial charge in [-0.25, -0.2) is 9.37 Å². The smallest absolute Gasteiger partial charge is 0.224 e. The van der Waals surface area contributed by atoms with E-state index in [9.17, 15) is 4.39 Å². The first-order valence-electron chi connectivity index (χ1n) is 6.39. The van der Waals surface area contributed by atoms with Crippen LogP contribution in [0.1, 0.15) is 32.6 Å². The Bertz CT molecular complexity index is 349. The normalized spacial score (nSPS) is 10.4. The Balaban J connectivity index is 2.34. The topological polar surface area (TPSA) is 70.1 Å². The fraction of sp³-hybridized carbons (Fsp3) is 0.667. The highest BCUT2D eigenvalue weighted by Gasteiger charge is 2.05. The molecule has 5 nitrogen and oxygen atoms in total. The minimum Gasteiger partial charge on any atom is -0.396 e. The van der Waals surface area contributed by atoms with Crippen LogP contribution in [0.15, 0.2) is 6.20 Å². The Morgan fingerprint density at radius 1 is 1.22 bits per heavy atom. The molecule has 18 heavy (non-hydrogen) atoms. The first-order chi connectivity index (χ1) is 8.77. The van der Waals surface area contributed by atoms with Gasteiger partial charge in [-0.15, -0.1) is 0 Å². The van der Waals surface area contributed by atoms with Crippen LogP contribution in [0.2, 0.25) is 0 Å². The molecule has 0 aliphatic heterocycles. The second-order valence-electron chi connectivity index (χ2n) is 3.99. The van der Waals surface area contributed by atoms with Gasteiger partial charge in [-0.05, 0) is 19.8 Å². The van der Waals surface area contributed by atoms with E-state index in [4.69, 9.17) is 5.11 Å². The van der Waals surface area contributed by atoms with E-state index in [1.807, 2.05) is 6.92 Å². The molecular formula is C12H21FN4O. The number of rotatable bonds is 9. The molecule has 0 spiro atoms. The summed E-state index contributed by atoms with van der Waals surface area (Å²) in [7, 11) is 0. The van der Waals surface area contributed by atoms with Gasteiger partial charge in [-0.3, -0.25) is 0 Å². The van der Waals surface area contributed by atoms with Gasteiger partial charge >= 0.3 is 0 Å². The van der Waals surface area contributed by atoms with Crippen LogP contribution in [0.4, 0.5) is 16.2 Å². The molecule has 1 heterocycles. The third-order valence-electron chi connectivity index (χ3n) is 2.46. The van der Waals surface area contributed by atoms with Crippen molar-refractivity contribution in [3.63, 3.8) is 0 Å². The molecule has 0 radical (unpaired) electrons. The molecule has 0 saturated heterocycles. The summed E-state index contributed by atoms with van der Waals surface area (Å²) in [6.45, 7) is 3.54. The van der Waals surface area contributed by atoms with Gasteiger partial charge in [-0.2, -0.15) is 4.98 Å². The van der Waals surface area contributed by atoms with Crippen molar-refractivity contribution in [3.05, 3.63) is 12.0 Å². The largest absolute Gasteiger partial charge is 0.396 e. The third-order valence-corrected chi connectivity index (χ3v) is 2.46. The highest BCUT2D eigenvalue weighted by atomic mass is 19.1. The summed E-state index contributed by atoms with van der Waals surface area (Å²) in [5.41, 5.74) is 0. The average molecular weight is 256 g/mol. The van der Waals surface area contributed by atoms with Gasteiger partial charge in [0.25, 0.3) is 0 Å². The molecule has 6 heteroatoms. The number of aromatic nitrogens is 2. The van der Waals surface area contributed by atoms with Gasteiger partial charge < -0.3 is 15.7 Å². The Hall–Kier alpha value is -1.43. The number of aliphatic hydroxyl groups is 1. The zero-order valence-electron chi connectivity index (χ0n) is 10.7. The van der Waals surface area contributed by atoms with Crippen molar-refractivity contribution in [1.29, 1.82) is 0 Å². The average Bonchev–Trinajstić information content (AvgIpc) is 2.37. The molecule has 1 aromatic heterocycles. The van der Waals surface area contributed by atoms with Gasteiger partial charge in [0.2, 0.25) is 5.95 Å². The van der Waals surface area contributed by atoms with Crippen molar-refractivity contribution in [1.82, 2.24) is 9.97 Å². The highest BCUT2D eigenvalue weighted by molar-refractivity contribution is 5.40. The molecule has 102 valence electrons. The zero-order chi connectivity index (χ0) is 13.2. The summed E-state index contributed by atoms with van der Waals surface area (Å²) in [5, 5.41) is 14.5. The minimum absolute atomic E-state index is 0.236. The van der Waals surface area contributed by atoms with E-state index >= 15 is 0 Å². The van der Waals surface area contributed by atoms with Gasteiger partial charge in [-0.1, -0.05) is 12.8 Å². The lowest BCUT2D eigenvalue weighted by Gasteiger charge is -2.08. The lowest BCUT2D eigenvalue weighted by molar-refractivity contribution is 0.283. The number of nitrogens with one attached hydrogen (secondary N) is 2. The summed E-state index contributed by atoms with van der Waals surface area (Å²) in [6.07, 6.45) is 4.93.